The molecule has 0 bridgehead atoms. The number of hydrogen-bond acceptors (Lipinski definition) is 0. The Morgan fingerprint density at radius 2 is 2.18 bits per heavy atom. The Morgan fingerprint density at radius 3 is 2.73 bits per heavy atom. The van der Waals surface area contributed by atoms with Crippen molar-refractivity contribution in [2.45, 2.75) is 32.6 Å². The van der Waals surface area contributed by atoms with Gasteiger partial charge in [-0.05, 0) is 47.8 Å². The van der Waals surface area contributed by atoms with Crippen LogP contribution in [0.25, 0.3) is 0 Å². The molecule has 4 aliphatic rings. The van der Waals surface area contributed by atoms with E-state index in [1.807, 2.05) is 0 Å². The molecule has 1 spiro atoms. The predicted octanol–water partition coefficient (Wildman–Crippen LogP) is 2.69. The second kappa shape index (κ2) is 1.30. The summed E-state index contributed by atoms with van der Waals surface area (Å²) in [5.74, 6) is 6.26. The van der Waals surface area contributed by atoms with Crippen LogP contribution in [-0.2, 0) is 0 Å². The van der Waals surface area contributed by atoms with Crippen LogP contribution in [0.3, 0.4) is 0 Å². The predicted molar refractivity (Wildman–Crippen MR) is 44.0 cm³/mol. The van der Waals surface area contributed by atoms with E-state index < -0.39 is 0 Å². The highest BCUT2D eigenvalue weighted by atomic mass is 15.0. The van der Waals surface area contributed by atoms with Gasteiger partial charge in [0.25, 0.3) is 0 Å². The van der Waals surface area contributed by atoms with E-state index in [0.29, 0.717) is 0 Å². The second-order valence-electron chi connectivity index (χ2n) is 5.38. The Labute approximate surface area is 68.4 Å². The van der Waals surface area contributed by atoms with Crippen LogP contribution in [0.5, 0.6) is 0 Å². The summed E-state index contributed by atoms with van der Waals surface area (Å²) in [6, 6.07) is 0. The molecule has 0 heterocycles. The van der Waals surface area contributed by atoms with E-state index in [0.717, 1.165) is 5.41 Å². The Kier molecular flexibility index (Phi) is 0.661. The van der Waals surface area contributed by atoms with Crippen molar-refractivity contribution in [1.29, 1.82) is 0 Å². The third-order valence-electron chi connectivity index (χ3n) is 5.40. The highest BCUT2D eigenvalue weighted by Gasteiger charge is 2.96. The van der Waals surface area contributed by atoms with Gasteiger partial charge in [-0.2, -0.15) is 0 Å². The van der Waals surface area contributed by atoms with Gasteiger partial charge in [-0.1, -0.05) is 19.8 Å². The van der Waals surface area contributed by atoms with Crippen LogP contribution in [0, 0.1) is 35.0 Å². The van der Waals surface area contributed by atoms with Crippen molar-refractivity contribution in [3.8, 4) is 0 Å². The number of hydrogen-bond donors (Lipinski definition) is 0. The molecule has 0 aromatic rings. The first-order valence-electron chi connectivity index (χ1n) is 5.40. The maximum Gasteiger partial charge on any atom is -0.0170 e. The van der Waals surface area contributed by atoms with Gasteiger partial charge in [-0.25, -0.2) is 0 Å². The van der Waals surface area contributed by atoms with Crippen LogP contribution in [0.2, 0.25) is 0 Å². The molecule has 6 unspecified atom stereocenters. The first kappa shape index (κ1) is 5.61. The van der Waals surface area contributed by atoms with Crippen LogP contribution in [0.4, 0.5) is 0 Å². The minimum atomic E-state index is 1.06. The first-order valence-corrected chi connectivity index (χ1v) is 5.40. The van der Waals surface area contributed by atoms with Gasteiger partial charge in [0.1, 0.15) is 0 Å². The molecular weight excluding hydrogens is 132 g/mol. The Bertz CT molecular complexity index is 232. The molecule has 0 nitrogen and oxygen atoms in total. The molecule has 4 aliphatic carbocycles. The number of fused-ring (bicyclic) bond motifs is 2. The molecule has 0 N–H and O–H groups in total. The maximum atomic E-state index is 2.35. The fraction of sp³-hybridized carbons (Fsp3) is 1.00. The highest BCUT2D eigenvalue weighted by Crippen LogP contribution is 3.01. The van der Waals surface area contributed by atoms with Crippen LogP contribution >= 0.6 is 0 Å². The van der Waals surface area contributed by atoms with Crippen molar-refractivity contribution in [1.82, 2.24) is 0 Å². The molecule has 0 aliphatic heterocycles. The fourth-order valence-electron chi connectivity index (χ4n) is 5.13. The molecule has 0 heteroatoms. The molecule has 0 saturated heterocycles. The topological polar surface area (TPSA) is 0 Å². The lowest BCUT2D eigenvalue weighted by Crippen LogP contribution is -2.23. The molecule has 4 fully saturated rings. The highest BCUT2D eigenvalue weighted by molar-refractivity contribution is 5.43. The van der Waals surface area contributed by atoms with E-state index in [1.54, 1.807) is 19.3 Å². The Morgan fingerprint density at radius 1 is 1.27 bits per heavy atom. The lowest BCUT2D eigenvalue weighted by molar-refractivity contribution is 0.186. The average Bonchev–Trinajstić information content (AvgIpc) is 2.74. The second-order valence-corrected chi connectivity index (χ2v) is 5.38. The zero-order valence-electron chi connectivity index (χ0n) is 7.22. The fourth-order valence-corrected chi connectivity index (χ4v) is 5.13. The van der Waals surface area contributed by atoms with Crippen LogP contribution in [-0.4, -0.2) is 0 Å². The minimum absolute atomic E-state index is 1.06. The molecule has 60 valence electrons. The summed E-state index contributed by atoms with van der Waals surface area (Å²) in [7, 11) is 0. The average molecular weight is 148 g/mol. The summed E-state index contributed by atoms with van der Waals surface area (Å²) in [5, 5.41) is 0. The van der Waals surface area contributed by atoms with Gasteiger partial charge in [0.15, 0.2) is 0 Å². The first-order chi connectivity index (χ1) is 5.40. The van der Waals surface area contributed by atoms with E-state index in [4.69, 9.17) is 0 Å². The van der Waals surface area contributed by atoms with Crippen molar-refractivity contribution in [2.75, 3.05) is 0 Å². The van der Waals surface area contributed by atoms with E-state index in [9.17, 15) is 0 Å². The molecule has 0 aromatic carbocycles. The van der Waals surface area contributed by atoms with Crippen LogP contribution < -0.4 is 0 Å². The van der Waals surface area contributed by atoms with Gasteiger partial charge in [0, 0.05) is 0 Å². The molecule has 0 amide bonds. The summed E-state index contributed by atoms with van der Waals surface area (Å²) < 4.78 is 0. The lowest BCUT2D eigenvalue weighted by atomic mass is 9.75. The van der Waals surface area contributed by atoms with Crippen LogP contribution in [0.1, 0.15) is 32.6 Å². The normalized spacial score (nSPS) is 73.4. The molecule has 4 saturated carbocycles. The van der Waals surface area contributed by atoms with E-state index in [2.05, 4.69) is 6.92 Å². The van der Waals surface area contributed by atoms with Gasteiger partial charge in [0.05, 0.1) is 0 Å². The molecule has 11 heavy (non-hydrogen) atoms. The minimum Gasteiger partial charge on any atom is -0.0654 e. The smallest absolute Gasteiger partial charge is 0.0170 e. The zero-order chi connectivity index (χ0) is 7.22. The van der Waals surface area contributed by atoms with Crippen molar-refractivity contribution in [2.24, 2.45) is 35.0 Å². The third-order valence-corrected chi connectivity index (χ3v) is 5.40. The summed E-state index contributed by atoms with van der Waals surface area (Å²) in [4.78, 5) is 0. The van der Waals surface area contributed by atoms with E-state index in [1.165, 1.54) is 36.0 Å². The van der Waals surface area contributed by atoms with Crippen molar-refractivity contribution in [3.05, 3.63) is 0 Å². The van der Waals surface area contributed by atoms with Crippen molar-refractivity contribution in [3.63, 3.8) is 0 Å². The quantitative estimate of drug-likeness (QED) is 0.565. The van der Waals surface area contributed by atoms with Gasteiger partial charge >= 0.3 is 0 Å². The van der Waals surface area contributed by atoms with E-state index in [-0.39, 0.29) is 0 Å². The monoisotopic (exact) mass is 148 g/mol. The third kappa shape index (κ3) is 0.346. The standard InChI is InChI=1S/C11H16/c1-2-3-6-4-7-5-8-10-9(6)11(7,8)10/h6-10H,2-5H2,1H3. The summed E-state index contributed by atoms with van der Waals surface area (Å²) in [5.41, 5.74) is 1.06. The molecule has 4 rings (SSSR count). The summed E-state index contributed by atoms with van der Waals surface area (Å²) in [6.45, 7) is 2.35. The summed E-state index contributed by atoms with van der Waals surface area (Å²) in [6.07, 6.45) is 6.25. The van der Waals surface area contributed by atoms with Gasteiger partial charge in [-0.15, -0.1) is 0 Å². The van der Waals surface area contributed by atoms with E-state index >= 15 is 0 Å². The number of rotatable bonds is 2. The molecular formula is C11H16. The van der Waals surface area contributed by atoms with Crippen molar-refractivity contribution < 1.29 is 0 Å². The largest absolute Gasteiger partial charge is 0.0654 e. The Balaban J connectivity index is 1.62. The molecule has 6 atom stereocenters. The maximum absolute atomic E-state index is 2.35. The van der Waals surface area contributed by atoms with Gasteiger partial charge < -0.3 is 0 Å². The zero-order valence-corrected chi connectivity index (χ0v) is 7.22. The van der Waals surface area contributed by atoms with Crippen LogP contribution in [0.15, 0.2) is 0 Å². The van der Waals surface area contributed by atoms with Crippen molar-refractivity contribution >= 4 is 0 Å². The summed E-state index contributed by atoms with van der Waals surface area (Å²) >= 11 is 0. The lowest BCUT2D eigenvalue weighted by Gasteiger charge is -2.29. The van der Waals surface area contributed by atoms with Gasteiger partial charge in [0.2, 0.25) is 0 Å². The SMILES string of the molecule is CCCC1CC2CC3C4C1C234. The molecule has 0 aromatic heterocycles. The molecule has 0 radical (unpaired) electrons. The van der Waals surface area contributed by atoms with Gasteiger partial charge in [-0.3, -0.25) is 0 Å². The Hall–Kier alpha value is 0.